The maximum absolute atomic E-state index is 8.85. The number of aliphatic hydroxyl groups is 1. The average molecular weight is 304 g/mol. The number of hydrogen-bond acceptors (Lipinski definition) is 3. The van der Waals surface area contributed by atoms with Gasteiger partial charge in [-0.25, -0.2) is 0 Å². The first-order chi connectivity index (χ1) is 7.63. The molecule has 2 N–H and O–H groups in total. The molecule has 0 radical (unpaired) electrons. The molecule has 0 aromatic heterocycles. The summed E-state index contributed by atoms with van der Waals surface area (Å²) in [6, 6.07) is 6.75. The second-order valence-corrected chi connectivity index (χ2v) is 5.91. The van der Waals surface area contributed by atoms with Gasteiger partial charge < -0.3 is 10.4 Å². The standard InChI is InChI=1S/C12H18BrNOS/c1-9(2)14-8-10-7-11(13)3-4-12(10)16-6-5-15/h3-4,7,9,14-15H,5-6,8H2,1-2H3. The number of nitrogens with one attached hydrogen (secondary N) is 1. The van der Waals surface area contributed by atoms with Crippen molar-refractivity contribution in [3.63, 3.8) is 0 Å². The van der Waals surface area contributed by atoms with Crippen molar-refractivity contribution < 1.29 is 5.11 Å². The first kappa shape index (κ1) is 14.0. The van der Waals surface area contributed by atoms with Crippen LogP contribution in [0, 0.1) is 0 Å². The lowest BCUT2D eigenvalue weighted by Gasteiger charge is -2.12. The molecule has 4 heteroatoms. The summed E-state index contributed by atoms with van der Waals surface area (Å²) in [4.78, 5) is 1.24. The highest BCUT2D eigenvalue weighted by Crippen LogP contribution is 2.25. The third-order valence-corrected chi connectivity index (χ3v) is 3.66. The summed E-state index contributed by atoms with van der Waals surface area (Å²) in [5.41, 5.74) is 1.28. The molecule has 0 spiro atoms. The fourth-order valence-electron chi connectivity index (χ4n) is 1.30. The molecule has 0 aliphatic carbocycles. The maximum Gasteiger partial charge on any atom is 0.0525 e. The Hall–Kier alpha value is -0.0300. The van der Waals surface area contributed by atoms with Crippen molar-refractivity contribution in [2.24, 2.45) is 0 Å². The largest absolute Gasteiger partial charge is 0.396 e. The van der Waals surface area contributed by atoms with Crippen molar-refractivity contribution >= 4 is 27.7 Å². The normalized spacial score (nSPS) is 11.1. The molecule has 90 valence electrons. The third-order valence-electron chi connectivity index (χ3n) is 2.07. The van der Waals surface area contributed by atoms with Gasteiger partial charge in [0.15, 0.2) is 0 Å². The number of thioether (sulfide) groups is 1. The number of halogens is 1. The summed E-state index contributed by atoms with van der Waals surface area (Å²) < 4.78 is 1.10. The van der Waals surface area contributed by atoms with Crippen molar-refractivity contribution in [2.45, 2.75) is 31.3 Å². The van der Waals surface area contributed by atoms with Gasteiger partial charge >= 0.3 is 0 Å². The molecule has 0 bridgehead atoms. The highest BCUT2D eigenvalue weighted by atomic mass is 79.9. The lowest BCUT2D eigenvalue weighted by atomic mass is 10.2. The zero-order chi connectivity index (χ0) is 12.0. The predicted molar refractivity (Wildman–Crippen MR) is 73.9 cm³/mol. The van der Waals surface area contributed by atoms with Crippen LogP contribution in [0.2, 0.25) is 0 Å². The van der Waals surface area contributed by atoms with E-state index in [1.165, 1.54) is 10.5 Å². The monoisotopic (exact) mass is 303 g/mol. The first-order valence-corrected chi connectivity index (χ1v) is 7.17. The first-order valence-electron chi connectivity index (χ1n) is 5.39. The molecule has 2 nitrogen and oxygen atoms in total. The van der Waals surface area contributed by atoms with E-state index in [4.69, 9.17) is 5.11 Å². The Kier molecular flexibility index (Phi) is 6.43. The SMILES string of the molecule is CC(C)NCc1cc(Br)ccc1SCCO. The molecule has 16 heavy (non-hydrogen) atoms. The zero-order valence-electron chi connectivity index (χ0n) is 9.66. The van der Waals surface area contributed by atoms with Gasteiger partial charge in [0.2, 0.25) is 0 Å². The van der Waals surface area contributed by atoms with Crippen LogP contribution < -0.4 is 5.32 Å². The highest BCUT2D eigenvalue weighted by Gasteiger charge is 2.04. The number of hydrogen-bond donors (Lipinski definition) is 2. The minimum absolute atomic E-state index is 0.220. The number of benzene rings is 1. The summed E-state index contributed by atoms with van der Waals surface area (Å²) in [5, 5.41) is 12.3. The van der Waals surface area contributed by atoms with E-state index in [0.717, 1.165) is 16.8 Å². The molecule has 1 rings (SSSR count). The number of rotatable bonds is 6. The topological polar surface area (TPSA) is 32.3 Å². The van der Waals surface area contributed by atoms with Crippen LogP contribution in [0.3, 0.4) is 0 Å². The fraction of sp³-hybridized carbons (Fsp3) is 0.500. The van der Waals surface area contributed by atoms with Crippen LogP contribution in [0.5, 0.6) is 0 Å². The van der Waals surface area contributed by atoms with Crippen molar-refractivity contribution in [3.8, 4) is 0 Å². The van der Waals surface area contributed by atoms with Gasteiger partial charge in [0.25, 0.3) is 0 Å². The van der Waals surface area contributed by atoms with Gasteiger partial charge in [0.1, 0.15) is 0 Å². The molecule has 1 aromatic carbocycles. The van der Waals surface area contributed by atoms with E-state index in [0.29, 0.717) is 6.04 Å². The van der Waals surface area contributed by atoms with Crippen LogP contribution in [-0.4, -0.2) is 23.5 Å². The molecule has 0 aliphatic rings. The Morgan fingerprint density at radius 3 is 2.81 bits per heavy atom. The minimum atomic E-state index is 0.220. The van der Waals surface area contributed by atoms with E-state index in [2.05, 4.69) is 47.2 Å². The lowest BCUT2D eigenvalue weighted by molar-refractivity contribution is 0.322. The average Bonchev–Trinajstić information content (AvgIpc) is 2.25. The Morgan fingerprint density at radius 2 is 2.19 bits per heavy atom. The van der Waals surface area contributed by atoms with Crippen molar-refractivity contribution in [1.82, 2.24) is 5.32 Å². The Morgan fingerprint density at radius 1 is 1.44 bits per heavy atom. The maximum atomic E-state index is 8.85. The van der Waals surface area contributed by atoms with Gasteiger partial charge in [0, 0.05) is 27.7 Å². The van der Waals surface area contributed by atoms with E-state index in [1.807, 2.05) is 6.07 Å². The zero-order valence-corrected chi connectivity index (χ0v) is 12.1. The molecule has 0 fully saturated rings. The van der Waals surface area contributed by atoms with Crippen molar-refractivity contribution in [2.75, 3.05) is 12.4 Å². The molecule has 0 saturated carbocycles. The van der Waals surface area contributed by atoms with E-state index < -0.39 is 0 Å². The summed E-state index contributed by atoms with van der Waals surface area (Å²) >= 11 is 5.18. The molecule has 0 heterocycles. The van der Waals surface area contributed by atoms with Crippen LogP contribution >= 0.6 is 27.7 Å². The van der Waals surface area contributed by atoms with Gasteiger partial charge in [-0.3, -0.25) is 0 Å². The van der Waals surface area contributed by atoms with Gasteiger partial charge in [-0.2, -0.15) is 0 Å². The number of aliphatic hydroxyl groups excluding tert-OH is 1. The van der Waals surface area contributed by atoms with Crippen molar-refractivity contribution in [1.29, 1.82) is 0 Å². The highest BCUT2D eigenvalue weighted by molar-refractivity contribution is 9.10. The smallest absolute Gasteiger partial charge is 0.0525 e. The van der Waals surface area contributed by atoms with E-state index in [1.54, 1.807) is 11.8 Å². The van der Waals surface area contributed by atoms with Crippen molar-refractivity contribution in [3.05, 3.63) is 28.2 Å². The summed E-state index contributed by atoms with van der Waals surface area (Å²) in [6.07, 6.45) is 0. The van der Waals surface area contributed by atoms with Gasteiger partial charge in [-0.15, -0.1) is 11.8 Å². The minimum Gasteiger partial charge on any atom is -0.396 e. The molecule has 1 aromatic rings. The predicted octanol–water partition coefficient (Wildman–Crippen LogP) is 3.03. The quantitative estimate of drug-likeness (QED) is 0.792. The Labute approximate surface area is 110 Å². The third kappa shape index (κ3) is 4.87. The second kappa shape index (κ2) is 7.33. The van der Waals surface area contributed by atoms with Gasteiger partial charge in [-0.05, 0) is 23.8 Å². The molecule has 0 atom stereocenters. The fourth-order valence-corrected chi connectivity index (χ4v) is 2.50. The Balaban J connectivity index is 2.72. The molecule has 0 unspecified atom stereocenters. The summed E-state index contributed by atoms with van der Waals surface area (Å²) in [5.74, 6) is 0.746. The van der Waals surface area contributed by atoms with E-state index in [9.17, 15) is 0 Å². The molecular weight excluding hydrogens is 286 g/mol. The van der Waals surface area contributed by atoms with Crippen LogP contribution in [0.25, 0.3) is 0 Å². The lowest BCUT2D eigenvalue weighted by Crippen LogP contribution is -2.22. The van der Waals surface area contributed by atoms with Crippen LogP contribution in [0.4, 0.5) is 0 Å². The van der Waals surface area contributed by atoms with E-state index >= 15 is 0 Å². The molecule has 0 saturated heterocycles. The summed E-state index contributed by atoms with van der Waals surface area (Å²) in [6.45, 7) is 5.36. The van der Waals surface area contributed by atoms with Crippen LogP contribution in [0.1, 0.15) is 19.4 Å². The Bertz CT molecular complexity index is 331. The van der Waals surface area contributed by atoms with Crippen LogP contribution in [-0.2, 0) is 6.54 Å². The van der Waals surface area contributed by atoms with Crippen LogP contribution in [0.15, 0.2) is 27.6 Å². The molecule has 0 amide bonds. The molecule has 0 aliphatic heterocycles. The summed E-state index contributed by atoms with van der Waals surface area (Å²) in [7, 11) is 0. The second-order valence-electron chi connectivity index (χ2n) is 3.86. The van der Waals surface area contributed by atoms with E-state index in [-0.39, 0.29) is 6.61 Å². The molecular formula is C12H18BrNOS. The van der Waals surface area contributed by atoms with Gasteiger partial charge in [0.05, 0.1) is 6.61 Å². The van der Waals surface area contributed by atoms with Gasteiger partial charge in [-0.1, -0.05) is 29.8 Å².